The Bertz CT molecular complexity index is 961. The molecule has 7 heteroatoms. The van der Waals surface area contributed by atoms with Crippen LogP contribution in [0.1, 0.15) is 34.3 Å². The maximum atomic E-state index is 12.7. The molecule has 0 radical (unpaired) electrons. The van der Waals surface area contributed by atoms with Gasteiger partial charge in [-0.3, -0.25) is 14.9 Å². The number of Topliss-reactive ketones (excluding diaryl/α,β-unsaturated/α-hetero) is 1. The van der Waals surface area contributed by atoms with Crippen LogP contribution in [0.15, 0.2) is 42.2 Å². The van der Waals surface area contributed by atoms with Crippen LogP contribution in [0.4, 0.5) is 5.69 Å². The molecule has 2 aromatic rings. The van der Waals surface area contributed by atoms with Gasteiger partial charge >= 0.3 is 0 Å². The summed E-state index contributed by atoms with van der Waals surface area (Å²) < 4.78 is 5.77. The van der Waals surface area contributed by atoms with Gasteiger partial charge in [0, 0.05) is 30.5 Å². The fraction of sp³-hybridized carbons (Fsp3) is 0.250. The van der Waals surface area contributed by atoms with Gasteiger partial charge in [-0.2, -0.15) is 0 Å². The van der Waals surface area contributed by atoms with Crippen LogP contribution >= 0.6 is 0 Å². The Morgan fingerprint density at radius 3 is 2.70 bits per heavy atom. The molecule has 0 aromatic heterocycles. The van der Waals surface area contributed by atoms with Crippen LogP contribution in [0.3, 0.4) is 0 Å². The summed E-state index contributed by atoms with van der Waals surface area (Å²) in [5, 5.41) is 23.3. The van der Waals surface area contributed by atoms with Crippen molar-refractivity contribution in [2.45, 2.75) is 19.4 Å². The molecule has 0 saturated carbocycles. The van der Waals surface area contributed by atoms with E-state index in [1.165, 1.54) is 35.2 Å². The van der Waals surface area contributed by atoms with Crippen LogP contribution in [0.2, 0.25) is 0 Å². The molecule has 2 aliphatic rings. The molecule has 0 aliphatic carbocycles. The number of fused-ring (bicyclic) bond motifs is 1. The predicted octanol–water partition coefficient (Wildman–Crippen LogP) is 1.46. The molecule has 0 unspecified atom stereocenters. The standard InChI is InChI=1S/C20H18N2O5/c23-17-7-6-15-19(24)18(11-13-4-3-5-14(10-13)22(25)26)27-20(15)16(17)12-21-8-1-2-9-21/h3-7,10-11,23H,1-2,8-9,12H2/b18-11-. The molecule has 1 saturated heterocycles. The number of hydrogen-bond acceptors (Lipinski definition) is 5. The molecule has 1 N–H and O–H groups in total. The molecule has 0 amide bonds. The number of carbonyl (C=O) groups excluding carboxylic acids is 1. The topological polar surface area (TPSA) is 96.9 Å². The van der Waals surface area contributed by atoms with Crippen molar-refractivity contribution in [3.8, 4) is 11.5 Å². The van der Waals surface area contributed by atoms with Crippen LogP contribution < -0.4 is 14.7 Å². The second-order valence-corrected chi connectivity index (χ2v) is 6.84. The zero-order valence-electron chi connectivity index (χ0n) is 14.6. The van der Waals surface area contributed by atoms with Crippen LogP contribution in [-0.4, -0.2) is 23.8 Å². The molecule has 2 aliphatic heterocycles. The summed E-state index contributed by atoms with van der Waals surface area (Å²) in [6.07, 6.45) is 3.75. The predicted molar refractivity (Wildman–Crippen MR) is 95.6 cm³/mol. The van der Waals surface area contributed by atoms with E-state index in [2.05, 4.69) is 0 Å². The number of nitro benzene ring substituents is 1. The van der Waals surface area contributed by atoms with Gasteiger partial charge in [-0.15, -0.1) is 0 Å². The Balaban J connectivity index is 1.67. The lowest BCUT2D eigenvalue weighted by molar-refractivity contribution is -0.901. The summed E-state index contributed by atoms with van der Waals surface area (Å²) in [6.45, 7) is 2.56. The zero-order valence-corrected chi connectivity index (χ0v) is 14.6. The number of allylic oxidation sites excluding steroid dienone is 1. The van der Waals surface area contributed by atoms with Crippen molar-refractivity contribution in [1.82, 2.24) is 0 Å². The first-order valence-electron chi connectivity index (χ1n) is 8.88. The average molecular weight is 366 g/mol. The monoisotopic (exact) mass is 366 g/mol. The van der Waals surface area contributed by atoms with Crippen LogP contribution in [0, 0.1) is 10.1 Å². The lowest BCUT2D eigenvalue weighted by atomic mass is 10.0. The third-order valence-corrected chi connectivity index (χ3v) is 5.01. The average Bonchev–Trinajstić information content (AvgIpc) is 3.27. The van der Waals surface area contributed by atoms with Crippen molar-refractivity contribution >= 4 is 17.5 Å². The van der Waals surface area contributed by atoms with Gasteiger partial charge in [0.25, 0.3) is 5.69 Å². The summed E-state index contributed by atoms with van der Waals surface area (Å²) in [6, 6.07) is 8.89. The highest BCUT2D eigenvalue weighted by Crippen LogP contribution is 2.38. The molecule has 7 nitrogen and oxygen atoms in total. The van der Waals surface area contributed by atoms with E-state index in [4.69, 9.17) is 4.74 Å². The van der Waals surface area contributed by atoms with E-state index in [1.54, 1.807) is 12.1 Å². The molecule has 0 bridgehead atoms. The first-order valence-corrected chi connectivity index (χ1v) is 8.88. The summed E-state index contributed by atoms with van der Waals surface area (Å²) >= 11 is 0. The minimum absolute atomic E-state index is 0.0625. The maximum absolute atomic E-state index is 12.7. The van der Waals surface area contributed by atoms with Gasteiger partial charge < -0.3 is 14.7 Å². The van der Waals surface area contributed by atoms with E-state index in [1.807, 2.05) is 0 Å². The first kappa shape index (κ1) is 17.2. The van der Waals surface area contributed by atoms with Crippen LogP contribution in [-0.2, 0) is 6.54 Å². The van der Waals surface area contributed by atoms with Crippen molar-refractivity contribution in [3.63, 3.8) is 0 Å². The normalized spacial score (nSPS) is 17.9. The Morgan fingerprint density at radius 2 is 1.96 bits per heavy atom. The van der Waals surface area contributed by atoms with Gasteiger partial charge in [0.1, 0.15) is 12.3 Å². The fourth-order valence-electron chi connectivity index (χ4n) is 3.64. The minimum atomic E-state index is -0.491. The molecule has 0 atom stereocenters. The Kier molecular flexibility index (Phi) is 4.37. The Morgan fingerprint density at radius 1 is 1.19 bits per heavy atom. The van der Waals surface area contributed by atoms with Crippen molar-refractivity contribution < 1.29 is 24.5 Å². The number of quaternary nitrogens is 1. The molecule has 27 heavy (non-hydrogen) atoms. The number of likely N-dealkylation sites (tertiary alicyclic amines) is 1. The van der Waals surface area contributed by atoms with Crippen LogP contribution in [0.5, 0.6) is 11.5 Å². The molecule has 0 spiro atoms. The van der Waals surface area contributed by atoms with Gasteiger partial charge in [0.05, 0.1) is 23.6 Å². The highest BCUT2D eigenvalue weighted by molar-refractivity contribution is 6.15. The number of carbonyl (C=O) groups is 1. The third kappa shape index (κ3) is 3.29. The Hall–Kier alpha value is -3.19. The summed E-state index contributed by atoms with van der Waals surface area (Å²) in [5.74, 6) is -0.0240. The van der Waals surface area contributed by atoms with Gasteiger partial charge in [-0.25, -0.2) is 0 Å². The summed E-state index contributed by atoms with van der Waals surface area (Å²) in [5.41, 5.74) is 1.34. The zero-order chi connectivity index (χ0) is 19.0. The number of nitrogens with zero attached hydrogens (tertiary/aromatic N) is 1. The SMILES string of the molecule is O=C1/C(=C/c2cccc([N+](=O)[O-])c2)Oc2c1ccc([O-])c2C[NH+]1CCCC1. The number of benzene rings is 2. The molecular formula is C20H18N2O5. The number of nitrogens with one attached hydrogen (secondary N) is 1. The van der Waals surface area contributed by atoms with E-state index in [9.17, 15) is 20.0 Å². The minimum Gasteiger partial charge on any atom is -0.872 e. The first-order chi connectivity index (χ1) is 13.0. The van der Waals surface area contributed by atoms with Gasteiger partial charge in [0.2, 0.25) is 5.78 Å². The van der Waals surface area contributed by atoms with Crippen molar-refractivity contribution in [2.75, 3.05) is 13.1 Å². The van der Waals surface area contributed by atoms with E-state index >= 15 is 0 Å². The Labute approximate surface area is 155 Å². The van der Waals surface area contributed by atoms with Crippen LogP contribution in [0.25, 0.3) is 6.08 Å². The molecule has 2 heterocycles. The number of rotatable bonds is 4. The van der Waals surface area contributed by atoms with E-state index in [0.717, 1.165) is 25.9 Å². The molecular weight excluding hydrogens is 348 g/mol. The van der Waals surface area contributed by atoms with E-state index in [0.29, 0.717) is 29.0 Å². The summed E-state index contributed by atoms with van der Waals surface area (Å²) in [4.78, 5) is 24.4. The highest BCUT2D eigenvalue weighted by Gasteiger charge is 2.31. The second-order valence-electron chi connectivity index (χ2n) is 6.84. The number of non-ortho nitro benzene ring substituents is 1. The highest BCUT2D eigenvalue weighted by atomic mass is 16.6. The van der Waals surface area contributed by atoms with E-state index in [-0.39, 0.29) is 23.0 Å². The lowest BCUT2D eigenvalue weighted by Gasteiger charge is -2.19. The van der Waals surface area contributed by atoms with Gasteiger partial charge in [0.15, 0.2) is 5.76 Å². The molecule has 2 aromatic carbocycles. The number of ketones is 1. The van der Waals surface area contributed by atoms with Crippen molar-refractivity contribution in [1.29, 1.82) is 0 Å². The smallest absolute Gasteiger partial charge is 0.270 e. The van der Waals surface area contributed by atoms with Gasteiger partial charge in [-0.05, 0) is 17.7 Å². The maximum Gasteiger partial charge on any atom is 0.270 e. The molecule has 4 rings (SSSR count). The lowest BCUT2D eigenvalue weighted by Crippen LogP contribution is -3.08. The molecule has 1 fully saturated rings. The quantitative estimate of drug-likeness (QED) is 0.502. The number of ether oxygens (including phenoxy) is 1. The molecule has 138 valence electrons. The second kappa shape index (κ2) is 6.85. The van der Waals surface area contributed by atoms with Crippen molar-refractivity contribution in [2.24, 2.45) is 0 Å². The number of nitro groups is 1. The summed E-state index contributed by atoms with van der Waals surface area (Å²) in [7, 11) is 0. The number of hydrogen-bond donors (Lipinski definition) is 1. The fourth-order valence-corrected chi connectivity index (χ4v) is 3.64. The van der Waals surface area contributed by atoms with E-state index < -0.39 is 4.92 Å². The van der Waals surface area contributed by atoms with Gasteiger partial charge in [-0.1, -0.05) is 23.9 Å². The third-order valence-electron chi connectivity index (χ3n) is 5.01. The largest absolute Gasteiger partial charge is 0.872 e. The van der Waals surface area contributed by atoms with Crippen molar-refractivity contribution in [3.05, 3.63) is 69.0 Å².